The second-order valence-electron chi connectivity index (χ2n) is 5.11. The van der Waals surface area contributed by atoms with E-state index in [2.05, 4.69) is 0 Å². The van der Waals surface area contributed by atoms with E-state index in [0.29, 0.717) is 18.7 Å². The van der Waals surface area contributed by atoms with Crippen molar-refractivity contribution in [2.24, 2.45) is 0 Å². The molecule has 0 bridgehead atoms. The number of β-amino-alcohol motifs (C(OH)–C–C–N with tert-alkyl or cyclic N) is 1. The summed E-state index contributed by atoms with van der Waals surface area (Å²) in [5, 5.41) is 9.85. The number of nitrogens with zero attached hydrogens (tertiary/aromatic N) is 1. The van der Waals surface area contributed by atoms with Gasteiger partial charge in [0.1, 0.15) is 5.75 Å². The van der Waals surface area contributed by atoms with E-state index in [1.807, 2.05) is 11.8 Å². The first-order chi connectivity index (χ1) is 8.50. The summed E-state index contributed by atoms with van der Waals surface area (Å²) in [5.74, 6) is 0.825. The van der Waals surface area contributed by atoms with Crippen LogP contribution in [-0.2, 0) is 0 Å². The Morgan fingerprint density at radius 2 is 2.11 bits per heavy atom. The van der Waals surface area contributed by atoms with Crippen molar-refractivity contribution in [3.8, 4) is 5.75 Å². The van der Waals surface area contributed by atoms with Gasteiger partial charge in [-0.25, -0.2) is 0 Å². The monoisotopic (exact) mass is 249 g/mol. The fourth-order valence-corrected chi connectivity index (χ4v) is 2.25. The molecule has 1 aliphatic rings. The second kappa shape index (κ2) is 5.08. The molecule has 1 aliphatic heterocycles. The summed E-state index contributed by atoms with van der Waals surface area (Å²) in [6.45, 7) is 3.51. The number of ether oxygens (including phenoxy) is 1. The Labute approximate surface area is 107 Å². The molecular formula is C14H19NO3. The fraction of sp³-hybridized carbons (Fsp3) is 0.500. The zero-order valence-corrected chi connectivity index (χ0v) is 10.8. The zero-order chi connectivity index (χ0) is 13.2. The van der Waals surface area contributed by atoms with Crippen LogP contribution in [0, 0.1) is 0 Å². The molecule has 98 valence electrons. The van der Waals surface area contributed by atoms with Gasteiger partial charge >= 0.3 is 0 Å². The zero-order valence-electron chi connectivity index (χ0n) is 10.8. The lowest BCUT2D eigenvalue weighted by Crippen LogP contribution is -2.33. The van der Waals surface area contributed by atoms with E-state index in [4.69, 9.17) is 4.74 Å². The number of carbonyl (C=O) groups excluding carboxylic acids is 1. The van der Waals surface area contributed by atoms with Crippen LogP contribution in [0.15, 0.2) is 24.3 Å². The third-order valence-corrected chi connectivity index (χ3v) is 3.31. The maximum Gasteiger partial charge on any atom is 0.176 e. The molecule has 1 heterocycles. The van der Waals surface area contributed by atoms with E-state index in [1.54, 1.807) is 31.4 Å². The van der Waals surface area contributed by atoms with Crippen molar-refractivity contribution in [2.75, 3.05) is 26.7 Å². The van der Waals surface area contributed by atoms with Crippen LogP contribution < -0.4 is 4.74 Å². The van der Waals surface area contributed by atoms with Crippen molar-refractivity contribution >= 4 is 5.78 Å². The fourth-order valence-electron chi connectivity index (χ4n) is 2.25. The Kier molecular flexibility index (Phi) is 3.68. The van der Waals surface area contributed by atoms with Crippen LogP contribution in [0.4, 0.5) is 0 Å². The summed E-state index contributed by atoms with van der Waals surface area (Å²) in [7, 11) is 1.60. The molecule has 4 heteroatoms. The van der Waals surface area contributed by atoms with Crippen molar-refractivity contribution < 1.29 is 14.6 Å². The van der Waals surface area contributed by atoms with E-state index in [-0.39, 0.29) is 5.78 Å². The van der Waals surface area contributed by atoms with E-state index in [9.17, 15) is 9.90 Å². The summed E-state index contributed by atoms with van der Waals surface area (Å²) >= 11 is 0. The molecule has 1 aromatic carbocycles. The van der Waals surface area contributed by atoms with Crippen molar-refractivity contribution in [1.82, 2.24) is 4.90 Å². The van der Waals surface area contributed by atoms with E-state index in [0.717, 1.165) is 18.7 Å². The molecule has 0 aromatic heterocycles. The number of carbonyl (C=O) groups is 1. The molecule has 0 saturated carbocycles. The van der Waals surface area contributed by atoms with E-state index >= 15 is 0 Å². The first kappa shape index (κ1) is 13.1. The third-order valence-electron chi connectivity index (χ3n) is 3.31. The molecule has 0 radical (unpaired) electrons. The average molecular weight is 249 g/mol. The Balaban J connectivity index is 1.95. The highest BCUT2D eigenvalue weighted by Crippen LogP contribution is 2.20. The Morgan fingerprint density at radius 1 is 1.44 bits per heavy atom. The Hall–Kier alpha value is -1.39. The number of hydrogen-bond acceptors (Lipinski definition) is 4. The van der Waals surface area contributed by atoms with Gasteiger partial charge in [-0.2, -0.15) is 0 Å². The molecule has 4 nitrogen and oxygen atoms in total. The van der Waals surface area contributed by atoms with Crippen molar-refractivity contribution in [3.05, 3.63) is 29.8 Å². The molecule has 18 heavy (non-hydrogen) atoms. The second-order valence-corrected chi connectivity index (χ2v) is 5.11. The third kappa shape index (κ3) is 3.09. The van der Waals surface area contributed by atoms with Gasteiger partial charge in [-0.1, -0.05) is 0 Å². The highest BCUT2D eigenvalue weighted by molar-refractivity contribution is 5.97. The normalized spacial score (nSPS) is 24.2. The number of likely N-dealkylation sites (tertiary alicyclic amines) is 1. The average Bonchev–Trinajstić information content (AvgIpc) is 2.68. The minimum atomic E-state index is -0.653. The summed E-state index contributed by atoms with van der Waals surface area (Å²) in [4.78, 5) is 14.0. The van der Waals surface area contributed by atoms with Gasteiger partial charge in [0.05, 0.1) is 19.3 Å². The molecule has 1 saturated heterocycles. The largest absolute Gasteiger partial charge is 0.497 e. The summed E-state index contributed by atoms with van der Waals surface area (Å²) in [6, 6.07) is 7.12. The van der Waals surface area contributed by atoms with Crippen LogP contribution in [0.1, 0.15) is 23.7 Å². The predicted octanol–water partition coefficient (Wildman–Crippen LogP) is 1.33. The molecule has 1 aromatic rings. The van der Waals surface area contributed by atoms with Gasteiger partial charge in [-0.15, -0.1) is 0 Å². The van der Waals surface area contributed by atoms with Crippen LogP contribution >= 0.6 is 0 Å². The molecule has 0 amide bonds. The van der Waals surface area contributed by atoms with Crippen molar-refractivity contribution in [3.63, 3.8) is 0 Å². The van der Waals surface area contributed by atoms with Crippen molar-refractivity contribution in [1.29, 1.82) is 0 Å². The van der Waals surface area contributed by atoms with Gasteiger partial charge in [-0.3, -0.25) is 9.69 Å². The summed E-state index contributed by atoms with van der Waals surface area (Å²) < 4.78 is 5.05. The molecule has 1 atom stereocenters. The molecule has 1 unspecified atom stereocenters. The molecule has 1 N–H and O–H groups in total. The van der Waals surface area contributed by atoms with Gasteiger partial charge < -0.3 is 9.84 Å². The number of hydrogen-bond donors (Lipinski definition) is 1. The minimum absolute atomic E-state index is 0.0790. The molecule has 2 rings (SSSR count). The molecule has 0 aliphatic carbocycles. The highest BCUT2D eigenvalue weighted by Gasteiger charge is 2.32. The standard InChI is InChI=1S/C14H19NO3/c1-14(17)7-8-15(10-14)9-13(16)11-3-5-12(18-2)6-4-11/h3-6,17H,7-10H2,1-2H3. The maximum absolute atomic E-state index is 12.0. The topological polar surface area (TPSA) is 49.8 Å². The highest BCUT2D eigenvalue weighted by atomic mass is 16.5. The summed E-state index contributed by atoms with van der Waals surface area (Å²) in [5.41, 5.74) is 0.0301. The molecule has 0 spiro atoms. The van der Waals surface area contributed by atoms with Crippen LogP contribution in [0.2, 0.25) is 0 Å². The number of benzene rings is 1. The Bertz CT molecular complexity index is 425. The number of methoxy groups -OCH3 is 1. The number of ketones is 1. The summed E-state index contributed by atoms with van der Waals surface area (Å²) in [6.07, 6.45) is 0.725. The Morgan fingerprint density at radius 3 is 2.61 bits per heavy atom. The molecule has 1 fully saturated rings. The van der Waals surface area contributed by atoms with Crippen LogP contribution in [0.5, 0.6) is 5.75 Å². The lowest BCUT2D eigenvalue weighted by molar-refractivity contribution is 0.0669. The maximum atomic E-state index is 12.0. The van der Waals surface area contributed by atoms with Gasteiger partial charge in [0.25, 0.3) is 0 Å². The smallest absolute Gasteiger partial charge is 0.176 e. The lowest BCUT2D eigenvalue weighted by atomic mass is 10.1. The lowest BCUT2D eigenvalue weighted by Gasteiger charge is -2.18. The first-order valence-electron chi connectivity index (χ1n) is 6.12. The van der Waals surface area contributed by atoms with Gasteiger partial charge in [-0.05, 0) is 37.6 Å². The SMILES string of the molecule is COc1ccc(C(=O)CN2CCC(C)(O)C2)cc1. The number of rotatable bonds is 4. The minimum Gasteiger partial charge on any atom is -0.497 e. The predicted molar refractivity (Wildman–Crippen MR) is 69.0 cm³/mol. The molecular weight excluding hydrogens is 230 g/mol. The van der Waals surface area contributed by atoms with E-state index in [1.165, 1.54) is 0 Å². The van der Waals surface area contributed by atoms with Crippen LogP contribution in [0.25, 0.3) is 0 Å². The quantitative estimate of drug-likeness (QED) is 0.818. The van der Waals surface area contributed by atoms with Crippen molar-refractivity contribution in [2.45, 2.75) is 18.9 Å². The van der Waals surface area contributed by atoms with Gasteiger partial charge in [0.15, 0.2) is 5.78 Å². The number of aliphatic hydroxyl groups is 1. The van der Waals surface area contributed by atoms with Gasteiger partial charge in [0.2, 0.25) is 0 Å². The van der Waals surface area contributed by atoms with Gasteiger partial charge in [0, 0.05) is 18.7 Å². The number of Topliss-reactive ketones (excluding diaryl/α,β-unsaturated/α-hetero) is 1. The van der Waals surface area contributed by atoms with Crippen LogP contribution in [0.3, 0.4) is 0 Å². The van der Waals surface area contributed by atoms with E-state index < -0.39 is 5.60 Å². The first-order valence-corrected chi connectivity index (χ1v) is 6.12. The van der Waals surface area contributed by atoms with Crippen LogP contribution in [-0.4, -0.2) is 48.1 Å².